The average Bonchev–Trinajstić information content (AvgIpc) is 2.31. The molecule has 0 aliphatic heterocycles. The molecule has 0 atom stereocenters. The average molecular weight is 247 g/mol. The molecule has 0 bridgehead atoms. The van der Waals surface area contributed by atoms with E-state index in [4.69, 9.17) is 11.6 Å². The zero-order valence-corrected chi connectivity index (χ0v) is 10.7. The fraction of sp³-hybridized carbons (Fsp3) is 0.143. The van der Waals surface area contributed by atoms with Crippen LogP contribution in [0.3, 0.4) is 0 Å². The largest absolute Gasteiger partial charge is 0.301 e. The third-order valence-corrected chi connectivity index (χ3v) is 3.01. The topological polar surface area (TPSA) is 24.1 Å². The van der Waals surface area contributed by atoms with Gasteiger partial charge in [-0.15, -0.1) is 0 Å². The number of rotatable bonds is 3. The summed E-state index contributed by atoms with van der Waals surface area (Å²) in [6.45, 7) is 4.19. The summed E-state index contributed by atoms with van der Waals surface area (Å²) < 4.78 is 0. The molecule has 2 N–H and O–H groups in total. The Morgan fingerprint density at radius 2 is 1.71 bits per heavy atom. The van der Waals surface area contributed by atoms with E-state index in [9.17, 15) is 0 Å². The Kier molecular flexibility index (Phi) is 3.55. The number of benzene rings is 2. The molecule has 0 fully saturated rings. The van der Waals surface area contributed by atoms with Gasteiger partial charge in [-0.25, -0.2) is 0 Å². The SMILES string of the molecule is Cc1cccc(NNc2cccc(Cl)c2)c1C. The van der Waals surface area contributed by atoms with Crippen molar-refractivity contribution in [2.45, 2.75) is 13.8 Å². The Morgan fingerprint density at radius 3 is 2.47 bits per heavy atom. The predicted octanol–water partition coefficient (Wildman–Crippen LogP) is 4.40. The van der Waals surface area contributed by atoms with Crippen molar-refractivity contribution in [3.05, 3.63) is 58.6 Å². The number of anilines is 2. The summed E-state index contributed by atoms with van der Waals surface area (Å²) in [4.78, 5) is 0. The van der Waals surface area contributed by atoms with Gasteiger partial charge in [0.05, 0.1) is 11.4 Å². The molecule has 0 aromatic heterocycles. The van der Waals surface area contributed by atoms with Crippen molar-refractivity contribution >= 4 is 23.0 Å². The number of nitrogens with one attached hydrogen (secondary N) is 2. The number of aryl methyl sites for hydroxylation is 1. The Balaban J connectivity index is 2.10. The Bertz CT molecular complexity index is 523. The first-order valence-electron chi connectivity index (χ1n) is 5.50. The van der Waals surface area contributed by atoms with E-state index in [2.05, 4.69) is 30.8 Å². The molecule has 0 aliphatic carbocycles. The first-order chi connectivity index (χ1) is 8.16. The molecule has 0 radical (unpaired) electrons. The van der Waals surface area contributed by atoms with Crippen LogP contribution in [0.25, 0.3) is 0 Å². The van der Waals surface area contributed by atoms with Gasteiger partial charge in [-0.1, -0.05) is 29.8 Å². The van der Waals surface area contributed by atoms with Crippen molar-refractivity contribution in [1.29, 1.82) is 0 Å². The summed E-state index contributed by atoms with van der Waals surface area (Å²) in [6, 6.07) is 13.8. The highest BCUT2D eigenvalue weighted by atomic mass is 35.5. The Morgan fingerprint density at radius 1 is 0.941 bits per heavy atom. The van der Waals surface area contributed by atoms with Crippen molar-refractivity contribution < 1.29 is 0 Å². The van der Waals surface area contributed by atoms with Crippen LogP contribution in [0.4, 0.5) is 11.4 Å². The van der Waals surface area contributed by atoms with Crippen molar-refractivity contribution in [3.63, 3.8) is 0 Å². The van der Waals surface area contributed by atoms with Crippen molar-refractivity contribution in [3.8, 4) is 0 Å². The van der Waals surface area contributed by atoms with Crippen LogP contribution in [0.5, 0.6) is 0 Å². The van der Waals surface area contributed by atoms with E-state index in [1.807, 2.05) is 36.4 Å². The maximum Gasteiger partial charge on any atom is 0.0571 e. The lowest BCUT2D eigenvalue weighted by molar-refractivity contribution is 1.30. The summed E-state index contributed by atoms with van der Waals surface area (Å²) in [6.07, 6.45) is 0. The highest BCUT2D eigenvalue weighted by molar-refractivity contribution is 6.30. The molecule has 0 aliphatic rings. The third kappa shape index (κ3) is 2.92. The molecular formula is C14H15ClN2. The molecule has 17 heavy (non-hydrogen) atoms. The van der Waals surface area contributed by atoms with Gasteiger partial charge in [0.2, 0.25) is 0 Å². The van der Waals surface area contributed by atoms with Gasteiger partial charge in [-0.05, 0) is 49.2 Å². The molecule has 2 rings (SSSR count). The van der Waals surface area contributed by atoms with E-state index in [0.717, 1.165) is 16.4 Å². The molecule has 0 saturated carbocycles. The predicted molar refractivity (Wildman–Crippen MR) is 74.6 cm³/mol. The summed E-state index contributed by atoms with van der Waals surface area (Å²) in [5.41, 5.74) is 10.8. The van der Waals surface area contributed by atoms with E-state index in [0.29, 0.717) is 0 Å². The minimum atomic E-state index is 0.720. The zero-order chi connectivity index (χ0) is 12.3. The van der Waals surface area contributed by atoms with Crippen LogP contribution in [0.2, 0.25) is 5.02 Å². The summed E-state index contributed by atoms with van der Waals surface area (Å²) >= 11 is 5.92. The molecule has 2 aromatic carbocycles. The van der Waals surface area contributed by atoms with Crippen molar-refractivity contribution in [2.24, 2.45) is 0 Å². The van der Waals surface area contributed by atoms with E-state index >= 15 is 0 Å². The smallest absolute Gasteiger partial charge is 0.0571 e. The van der Waals surface area contributed by atoms with Gasteiger partial charge in [-0.3, -0.25) is 0 Å². The van der Waals surface area contributed by atoms with Crippen LogP contribution < -0.4 is 10.9 Å². The molecular weight excluding hydrogens is 232 g/mol. The molecule has 2 nitrogen and oxygen atoms in total. The normalized spacial score (nSPS) is 10.1. The van der Waals surface area contributed by atoms with E-state index < -0.39 is 0 Å². The van der Waals surface area contributed by atoms with Gasteiger partial charge in [0.1, 0.15) is 0 Å². The highest BCUT2D eigenvalue weighted by Gasteiger charge is 1.99. The second-order valence-electron chi connectivity index (χ2n) is 4.01. The second-order valence-corrected chi connectivity index (χ2v) is 4.44. The zero-order valence-electron chi connectivity index (χ0n) is 9.92. The van der Waals surface area contributed by atoms with E-state index in [-0.39, 0.29) is 0 Å². The van der Waals surface area contributed by atoms with Gasteiger partial charge in [-0.2, -0.15) is 0 Å². The maximum atomic E-state index is 5.92. The first kappa shape index (κ1) is 11.8. The van der Waals surface area contributed by atoms with Gasteiger partial charge in [0, 0.05) is 5.02 Å². The lowest BCUT2D eigenvalue weighted by Crippen LogP contribution is -2.09. The molecule has 0 heterocycles. The van der Waals surface area contributed by atoms with Gasteiger partial charge in [0.25, 0.3) is 0 Å². The van der Waals surface area contributed by atoms with Crippen molar-refractivity contribution in [1.82, 2.24) is 0 Å². The first-order valence-corrected chi connectivity index (χ1v) is 5.88. The molecule has 88 valence electrons. The quantitative estimate of drug-likeness (QED) is 0.785. The van der Waals surface area contributed by atoms with Gasteiger partial charge >= 0.3 is 0 Å². The highest BCUT2D eigenvalue weighted by Crippen LogP contribution is 2.19. The number of halogens is 1. The Labute approximate surface area is 107 Å². The summed E-state index contributed by atoms with van der Waals surface area (Å²) in [5, 5.41) is 0.720. The Hall–Kier alpha value is -1.67. The third-order valence-electron chi connectivity index (χ3n) is 2.77. The van der Waals surface area contributed by atoms with Crippen LogP contribution in [0.1, 0.15) is 11.1 Å². The number of hydrogen-bond donors (Lipinski definition) is 2. The molecule has 2 aromatic rings. The second kappa shape index (κ2) is 5.11. The summed E-state index contributed by atoms with van der Waals surface area (Å²) in [7, 11) is 0. The van der Waals surface area contributed by atoms with Crippen LogP contribution in [-0.4, -0.2) is 0 Å². The van der Waals surface area contributed by atoms with Gasteiger partial charge < -0.3 is 10.9 Å². The van der Waals surface area contributed by atoms with Crippen molar-refractivity contribution in [2.75, 3.05) is 10.9 Å². The lowest BCUT2D eigenvalue weighted by Gasteiger charge is -2.13. The van der Waals surface area contributed by atoms with Crippen LogP contribution in [-0.2, 0) is 0 Å². The lowest BCUT2D eigenvalue weighted by atomic mass is 10.1. The molecule has 0 amide bonds. The molecule has 3 heteroatoms. The minimum absolute atomic E-state index is 0.720. The maximum absolute atomic E-state index is 5.92. The summed E-state index contributed by atoms with van der Waals surface area (Å²) in [5.74, 6) is 0. The van der Waals surface area contributed by atoms with Crippen LogP contribution >= 0.6 is 11.6 Å². The standard InChI is InChI=1S/C14H15ClN2/c1-10-5-3-8-14(11(10)2)17-16-13-7-4-6-12(15)9-13/h3-9,16-17H,1-2H3. The number of hydrazine groups is 1. The molecule has 0 saturated heterocycles. The monoisotopic (exact) mass is 246 g/mol. The fourth-order valence-corrected chi connectivity index (χ4v) is 1.78. The fourth-order valence-electron chi connectivity index (χ4n) is 1.59. The van der Waals surface area contributed by atoms with Crippen LogP contribution in [0, 0.1) is 13.8 Å². The molecule has 0 spiro atoms. The van der Waals surface area contributed by atoms with E-state index in [1.54, 1.807) is 0 Å². The van der Waals surface area contributed by atoms with E-state index in [1.165, 1.54) is 11.1 Å². The van der Waals surface area contributed by atoms with Crippen LogP contribution in [0.15, 0.2) is 42.5 Å². The number of hydrogen-bond acceptors (Lipinski definition) is 2. The van der Waals surface area contributed by atoms with Gasteiger partial charge in [0.15, 0.2) is 0 Å². The minimum Gasteiger partial charge on any atom is -0.301 e. The molecule has 0 unspecified atom stereocenters.